The van der Waals surface area contributed by atoms with Gasteiger partial charge in [-0.1, -0.05) is 45.9 Å². The van der Waals surface area contributed by atoms with E-state index in [0.29, 0.717) is 11.5 Å². The minimum absolute atomic E-state index is 0.321. The van der Waals surface area contributed by atoms with Gasteiger partial charge in [0.15, 0.2) is 0 Å². The molecule has 0 saturated heterocycles. The Morgan fingerprint density at radius 2 is 1.95 bits per heavy atom. The van der Waals surface area contributed by atoms with E-state index in [2.05, 4.69) is 51.2 Å². The van der Waals surface area contributed by atoms with E-state index in [4.69, 9.17) is 4.42 Å². The number of hydrogen-bond acceptors (Lipinski definition) is 2. The van der Waals surface area contributed by atoms with Crippen molar-refractivity contribution >= 4 is 11.0 Å². The van der Waals surface area contributed by atoms with E-state index in [1.54, 1.807) is 0 Å². The number of rotatable bonds is 6. The third kappa shape index (κ3) is 4.11. The van der Waals surface area contributed by atoms with Gasteiger partial charge in [-0.05, 0) is 43.4 Å². The molecule has 0 bridgehead atoms. The highest BCUT2D eigenvalue weighted by Gasteiger charge is 2.19. The zero-order valence-corrected chi connectivity index (χ0v) is 13.2. The Morgan fingerprint density at radius 1 is 1.20 bits per heavy atom. The van der Waals surface area contributed by atoms with Crippen LogP contribution in [-0.4, -0.2) is 6.54 Å². The molecule has 1 atom stereocenters. The van der Waals surface area contributed by atoms with Gasteiger partial charge in [0.1, 0.15) is 11.3 Å². The fourth-order valence-electron chi connectivity index (χ4n) is 2.41. The second-order valence-corrected chi connectivity index (χ2v) is 6.79. The molecular formula is C18H27NO. The van der Waals surface area contributed by atoms with Gasteiger partial charge < -0.3 is 9.73 Å². The van der Waals surface area contributed by atoms with Crippen LogP contribution in [0.4, 0.5) is 0 Å². The summed E-state index contributed by atoms with van der Waals surface area (Å²) in [5.74, 6) is 1.07. The lowest BCUT2D eigenvalue weighted by Crippen LogP contribution is -2.23. The minimum Gasteiger partial charge on any atom is -0.459 e. The van der Waals surface area contributed by atoms with Gasteiger partial charge in [-0.15, -0.1) is 0 Å². The predicted molar refractivity (Wildman–Crippen MR) is 85.9 cm³/mol. The summed E-state index contributed by atoms with van der Waals surface area (Å²) in [5, 5.41) is 4.82. The molecule has 0 aliphatic carbocycles. The molecule has 2 aromatic rings. The van der Waals surface area contributed by atoms with Crippen LogP contribution in [0.3, 0.4) is 0 Å². The maximum Gasteiger partial charge on any atom is 0.134 e. The molecule has 0 aliphatic heterocycles. The number of benzene rings is 1. The highest BCUT2D eigenvalue weighted by atomic mass is 16.3. The summed E-state index contributed by atoms with van der Waals surface area (Å²) in [6, 6.07) is 10.7. The molecule has 1 aromatic carbocycles. The molecule has 2 nitrogen and oxygen atoms in total. The van der Waals surface area contributed by atoms with Crippen LogP contribution < -0.4 is 5.32 Å². The zero-order valence-electron chi connectivity index (χ0n) is 13.2. The Kier molecular flexibility index (Phi) is 4.87. The van der Waals surface area contributed by atoms with Gasteiger partial charge in [0, 0.05) is 5.39 Å². The van der Waals surface area contributed by atoms with Crippen molar-refractivity contribution in [2.24, 2.45) is 5.41 Å². The van der Waals surface area contributed by atoms with E-state index in [0.717, 1.165) is 30.7 Å². The van der Waals surface area contributed by atoms with E-state index >= 15 is 0 Å². The van der Waals surface area contributed by atoms with Crippen molar-refractivity contribution in [1.82, 2.24) is 5.32 Å². The van der Waals surface area contributed by atoms with E-state index in [1.165, 1.54) is 11.8 Å². The van der Waals surface area contributed by atoms with E-state index in [9.17, 15) is 0 Å². The monoisotopic (exact) mass is 273 g/mol. The van der Waals surface area contributed by atoms with Crippen LogP contribution in [0.25, 0.3) is 11.0 Å². The largest absolute Gasteiger partial charge is 0.459 e. The smallest absolute Gasteiger partial charge is 0.134 e. The topological polar surface area (TPSA) is 25.2 Å². The second-order valence-electron chi connectivity index (χ2n) is 6.79. The van der Waals surface area contributed by atoms with Crippen molar-refractivity contribution in [2.45, 2.75) is 53.0 Å². The molecule has 1 heterocycles. The first kappa shape index (κ1) is 15.1. The molecule has 1 unspecified atom stereocenters. The van der Waals surface area contributed by atoms with Crippen LogP contribution in [0.15, 0.2) is 34.7 Å². The molecule has 0 radical (unpaired) electrons. The lowest BCUT2D eigenvalue weighted by molar-refractivity contribution is 0.314. The van der Waals surface area contributed by atoms with Gasteiger partial charge in [0.2, 0.25) is 0 Å². The molecule has 2 rings (SSSR count). The van der Waals surface area contributed by atoms with Crippen molar-refractivity contribution in [2.75, 3.05) is 6.54 Å². The Bertz CT molecular complexity index is 503. The molecule has 2 heteroatoms. The van der Waals surface area contributed by atoms with E-state index < -0.39 is 0 Å². The normalized spacial score (nSPS) is 13.8. The SMILES string of the molecule is CCCNC(CCC(C)(C)C)c1cc2ccccc2o1. The average Bonchev–Trinajstić information content (AvgIpc) is 2.81. The van der Waals surface area contributed by atoms with Crippen molar-refractivity contribution in [3.05, 3.63) is 36.1 Å². The number of nitrogens with one attached hydrogen (secondary N) is 1. The fraction of sp³-hybridized carbons (Fsp3) is 0.556. The summed E-state index contributed by atoms with van der Waals surface area (Å²) in [4.78, 5) is 0. The van der Waals surface area contributed by atoms with Gasteiger partial charge in [0.25, 0.3) is 0 Å². The first-order valence-corrected chi connectivity index (χ1v) is 7.71. The lowest BCUT2D eigenvalue weighted by Gasteiger charge is -2.22. The first-order valence-electron chi connectivity index (χ1n) is 7.71. The van der Waals surface area contributed by atoms with Crippen LogP contribution in [0, 0.1) is 5.41 Å². The van der Waals surface area contributed by atoms with Crippen molar-refractivity contribution in [3.8, 4) is 0 Å². The van der Waals surface area contributed by atoms with Crippen LogP contribution >= 0.6 is 0 Å². The standard InChI is InChI=1S/C18H27NO/c1-5-12-19-15(10-11-18(2,3)4)17-13-14-8-6-7-9-16(14)20-17/h6-9,13,15,19H,5,10-12H2,1-4H3. The zero-order chi connectivity index (χ0) is 14.6. The Morgan fingerprint density at radius 3 is 2.60 bits per heavy atom. The third-order valence-electron chi connectivity index (χ3n) is 3.61. The molecule has 0 amide bonds. The lowest BCUT2D eigenvalue weighted by atomic mass is 9.88. The van der Waals surface area contributed by atoms with E-state index in [-0.39, 0.29) is 0 Å². The maximum absolute atomic E-state index is 6.03. The van der Waals surface area contributed by atoms with Crippen LogP contribution in [-0.2, 0) is 0 Å². The second kappa shape index (κ2) is 6.45. The Balaban J connectivity index is 2.16. The van der Waals surface area contributed by atoms with Gasteiger partial charge >= 0.3 is 0 Å². The molecule has 20 heavy (non-hydrogen) atoms. The maximum atomic E-state index is 6.03. The fourth-order valence-corrected chi connectivity index (χ4v) is 2.41. The van der Waals surface area contributed by atoms with E-state index in [1.807, 2.05) is 12.1 Å². The predicted octanol–water partition coefficient (Wildman–Crippen LogP) is 5.30. The van der Waals surface area contributed by atoms with Crippen molar-refractivity contribution < 1.29 is 4.42 Å². The first-order chi connectivity index (χ1) is 9.49. The minimum atomic E-state index is 0.321. The summed E-state index contributed by atoms with van der Waals surface area (Å²) in [7, 11) is 0. The number of hydrogen-bond donors (Lipinski definition) is 1. The summed E-state index contributed by atoms with van der Waals surface area (Å²) in [5.41, 5.74) is 1.35. The molecular weight excluding hydrogens is 246 g/mol. The van der Waals surface area contributed by atoms with Crippen LogP contribution in [0.5, 0.6) is 0 Å². The molecule has 1 N–H and O–H groups in total. The van der Waals surface area contributed by atoms with Gasteiger partial charge in [-0.2, -0.15) is 0 Å². The average molecular weight is 273 g/mol. The Labute approximate surface area is 122 Å². The number of para-hydroxylation sites is 1. The van der Waals surface area contributed by atoms with Gasteiger partial charge in [0.05, 0.1) is 6.04 Å². The quantitative estimate of drug-likeness (QED) is 0.772. The highest BCUT2D eigenvalue weighted by Crippen LogP contribution is 2.30. The summed E-state index contributed by atoms with van der Waals surface area (Å²) in [6.07, 6.45) is 3.45. The molecule has 0 fully saturated rings. The molecule has 1 aromatic heterocycles. The third-order valence-corrected chi connectivity index (χ3v) is 3.61. The van der Waals surface area contributed by atoms with Crippen LogP contribution in [0.2, 0.25) is 0 Å². The summed E-state index contributed by atoms with van der Waals surface area (Å²) >= 11 is 0. The highest BCUT2D eigenvalue weighted by molar-refractivity contribution is 5.77. The summed E-state index contributed by atoms with van der Waals surface area (Å²) < 4.78 is 6.03. The van der Waals surface area contributed by atoms with Crippen LogP contribution in [0.1, 0.15) is 58.8 Å². The molecule has 0 saturated carbocycles. The molecule has 0 aliphatic rings. The Hall–Kier alpha value is -1.28. The van der Waals surface area contributed by atoms with Crippen molar-refractivity contribution in [3.63, 3.8) is 0 Å². The number of furan rings is 1. The molecule has 0 spiro atoms. The summed E-state index contributed by atoms with van der Waals surface area (Å²) in [6.45, 7) is 10.1. The van der Waals surface area contributed by atoms with Crippen molar-refractivity contribution in [1.29, 1.82) is 0 Å². The number of fused-ring (bicyclic) bond motifs is 1. The molecule has 110 valence electrons. The van der Waals surface area contributed by atoms with Gasteiger partial charge in [-0.25, -0.2) is 0 Å². The van der Waals surface area contributed by atoms with Gasteiger partial charge in [-0.3, -0.25) is 0 Å².